The van der Waals surface area contributed by atoms with Crippen molar-refractivity contribution in [3.63, 3.8) is 0 Å². The molecule has 0 radical (unpaired) electrons. The van der Waals surface area contributed by atoms with Gasteiger partial charge in [0.1, 0.15) is 5.69 Å². The van der Waals surface area contributed by atoms with Crippen molar-refractivity contribution in [1.82, 2.24) is 10.1 Å². The first-order valence-electron chi connectivity index (χ1n) is 10.5. The SMILES string of the molecule is O=C(CCc1ccccc1)Nc1onc(-c2cccc3ccccc23)c1-c1ccncc1. The van der Waals surface area contributed by atoms with Crippen LogP contribution in [0.3, 0.4) is 0 Å². The molecule has 0 saturated carbocycles. The van der Waals surface area contributed by atoms with Crippen LogP contribution in [0.15, 0.2) is 102 Å². The van der Waals surface area contributed by atoms with Crippen molar-refractivity contribution in [2.24, 2.45) is 0 Å². The van der Waals surface area contributed by atoms with Gasteiger partial charge >= 0.3 is 0 Å². The molecule has 5 heteroatoms. The van der Waals surface area contributed by atoms with E-state index in [4.69, 9.17) is 4.52 Å². The number of aromatic nitrogens is 2. The third-order valence-electron chi connectivity index (χ3n) is 5.44. The maximum atomic E-state index is 12.7. The van der Waals surface area contributed by atoms with Crippen LogP contribution in [0.25, 0.3) is 33.2 Å². The normalized spacial score (nSPS) is 10.9. The second-order valence-corrected chi connectivity index (χ2v) is 7.53. The predicted octanol–water partition coefficient (Wildman–Crippen LogP) is 6.13. The van der Waals surface area contributed by atoms with Crippen molar-refractivity contribution in [1.29, 1.82) is 0 Å². The topological polar surface area (TPSA) is 68.0 Å². The number of amides is 1. The lowest BCUT2D eigenvalue weighted by Crippen LogP contribution is -2.12. The molecule has 0 unspecified atom stereocenters. The van der Waals surface area contributed by atoms with E-state index in [2.05, 4.69) is 33.7 Å². The van der Waals surface area contributed by atoms with Gasteiger partial charge < -0.3 is 4.52 Å². The minimum absolute atomic E-state index is 0.121. The summed E-state index contributed by atoms with van der Waals surface area (Å²) in [5.74, 6) is 0.224. The minimum atomic E-state index is -0.121. The van der Waals surface area contributed by atoms with Crippen molar-refractivity contribution in [3.8, 4) is 22.4 Å². The Kier molecular flexibility index (Phi) is 5.45. The summed E-state index contributed by atoms with van der Waals surface area (Å²) >= 11 is 0. The smallest absolute Gasteiger partial charge is 0.239 e. The summed E-state index contributed by atoms with van der Waals surface area (Å²) in [6, 6.07) is 28.0. The van der Waals surface area contributed by atoms with Crippen LogP contribution in [-0.2, 0) is 11.2 Å². The zero-order valence-corrected chi connectivity index (χ0v) is 17.4. The fourth-order valence-corrected chi connectivity index (χ4v) is 3.87. The summed E-state index contributed by atoms with van der Waals surface area (Å²) in [5, 5.41) is 9.49. The van der Waals surface area contributed by atoms with Gasteiger partial charge in [0, 0.05) is 24.4 Å². The highest BCUT2D eigenvalue weighted by Gasteiger charge is 2.22. The predicted molar refractivity (Wildman–Crippen MR) is 126 cm³/mol. The Morgan fingerprint density at radius 3 is 2.44 bits per heavy atom. The van der Waals surface area contributed by atoms with E-state index in [0.717, 1.165) is 33.0 Å². The fourth-order valence-electron chi connectivity index (χ4n) is 3.87. The molecule has 5 nitrogen and oxygen atoms in total. The quantitative estimate of drug-likeness (QED) is 0.360. The molecule has 1 amide bonds. The number of benzene rings is 3. The molecule has 3 aromatic carbocycles. The lowest BCUT2D eigenvalue weighted by Gasteiger charge is -2.08. The second kappa shape index (κ2) is 8.86. The summed E-state index contributed by atoms with van der Waals surface area (Å²) in [6.45, 7) is 0. The monoisotopic (exact) mass is 419 g/mol. The second-order valence-electron chi connectivity index (χ2n) is 7.53. The van der Waals surface area contributed by atoms with Crippen LogP contribution in [0, 0.1) is 0 Å². The van der Waals surface area contributed by atoms with E-state index >= 15 is 0 Å². The number of hydrogen-bond donors (Lipinski definition) is 1. The number of hydrogen-bond acceptors (Lipinski definition) is 4. The largest absolute Gasteiger partial charge is 0.337 e. The maximum absolute atomic E-state index is 12.7. The van der Waals surface area contributed by atoms with E-state index in [-0.39, 0.29) is 5.91 Å². The first kappa shape index (κ1) is 19.7. The summed E-state index contributed by atoms with van der Waals surface area (Å²) in [7, 11) is 0. The van der Waals surface area contributed by atoms with Crippen LogP contribution in [0.5, 0.6) is 0 Å². The van der Waals surface area contributed by atoms with Crippen molar-refractivity contribution in [3.05, 3.63) is 103 Å². The van der Waals surface area contributed by atoms with Gasteiger partial charge in [-0.25, -0.2) is 0 Å². The standard InChI is InChI=1S/C27H21N3O2/c31-24(14-13-19-7-2-1-3-8-19)29-27-25(21-15-17-28-18-16-21)26(30-32-27)23-12-6-10-20-9-4-5-11-22(20)23/h1-12,15-18H,13-14H2,(H,29,31). The molecule has 0 saturated heterocycles. The van der Waals surface area contributed by atoms with Crippen molar-refractivity contribution in [2.45, 2.75) is 12.8 Å². The molecule has 2 aromatic heterocycles. The molecule has 5 aromatic rings. The zero-order chi connectivity index (χ0) is 21.8. The molecule has 0 spiro atoms. The molecule has 2 heterocycles. The van der Waals surface area contributed by atoms with Gasteiger partial charge in [0.15, 0.2) is 0 Å². The molecule has 0 aliphatic rings. The maximum Gasteiger partial charge on any atom is 0.239 e. The highest BCUT2D eigenvalue weighted by Crippen LogP contribution is 2.40. The molecule has 0 bridgehead atoms. The molecule has 32 heavy (non-hydrogen) atoms. The fraction of sp³-hybridized carbons (Fsp3) is 0.0741. The number of rotatable bonds is 6. The van der Waals surface area contributed by atoms with Gasteiger partial charge in [-0.2, -0.15) is 0 Å². The first-order valence-corrected chi connectivity index (χ1v) is 10.5. The van der Waals surface area contributed by atoms with Crippen molar-refractivity contribution < 1.29 is 9.32 Å². The number of fused-ring (bicyclic) bond motifs is 1. The van der Waals surface area contributed by atoms with Crippen LogP contribution in [0.1, 0.15) is 12.0 Å². The van der Waals surface area contributed by atoms with Gasteiger partial charge in [-0.1, -0.05) is 78.0 Å². The lowest BCUT2D eigenvalue weighted by atomic mass is 9.97. The third-order valence-corrected chi connectivity index (χ3v) is 5.44. The van der Waals surface area contributed by atoms with E-state index in [0.29, 0.717) is 24.4 Å². The number of carbonyl (C=O) groups excluding carboxylic acids is 1. The number of pyridine rings is 1. The Balaban J connectivity index is 1.51. The zero-order valence-electron chi connectivity index (χ0n) is 17.4. The van der Waals surface area contributed by atoms with Crippen LogP contribution < -0.4 is 5.32 Å². The first-order chi connectivity index (χ1) is 15.8. The Morgan fingerprint density at radius 2 is 1.59 bits per heavy atom. The van der Waals surface area contributed by atoms with Crippen molar-refractivity contribution >= 4 is 22.6 Å². The number of nitrogens with zero attached hydrogens (tertiary/aromatic N) is 2. The van der Waals surface area contributed by atoms with Gasteiger partial charge in [-0.3, -0.25) is 15.1 Å². The van der Waals surface area contributed by atoms with E-state index < -0.39 is 0 Å². The summed E-state index contributed by atoms with van der Waals surface area (Å²) in [4.78, 5) is 16.8. The molecule has 156 valence electrons. The van der Waals surface area contributed by atoms with Crippen LogP contribution in [0.4, 0.5) is 5.88 Å². The molecule has 0 atom stereocenters. The van der Waals surface area contributed by atoms with Gasteiger partial charge in [0.05, 0.1) is 5.56 Å². The number of nitrogens with one attached hydrogen (secondary N) is 1. The van der Waals surface area contributed by atoms with Crippen LogP contribution in [0.2, 0.25) is 0 Å². The molecular formula is C27H21N3O2. The highest BCUT2D eigenvalue weighted by atomic mass is 16.5. The molecule has 1 N–H and O–H groups in total. The van der Waals surface area contributed by atoms with Crippen LogP contribution >= 0.6 is 0 Å². The number of aryl methyl sites for hydroxylation is 1. The molecule has 0 aliphatic heterocycles. The average molecular weight is 419 g/mol. The molecule has 0 fully saturated rings. The number of anilines is 1. The van der Waals surface area contributed by atoms with Gasteiger partial charge in [-0.15, -0.1) is 0 Å². The van der Waals surface area contributed by atoms with Gasteiger partial charge in [0.25, 0.3) is 0 Å². The Bertz CT molecular complexity index is 1360. The third kappa shape index (κ3) is 4.01. The van der Waals surface area contributed by atoms with Crippen LogP contribution in [-0.4, -0.2) is 16.0 Å². The summed E-state index contributed by atoms with van der Waals surface area (Å²) < 4.78 is 5.67. The Labute approximate surface area is 185 Å². The molecule has 0 aliphatic carbocycles. The molecule has 5 rings (SSSR count). The van der Waals surface area contributed by atoms with E-state index in [9.17, 15) is 4.79 Å². The number of carbonyl (C=O) groups is 1. The van der Waals surface area contributed by atoms with E-state index in [1.165, 1.54) is 0 Å². The Morgan fingerprint density at radius 1 is 0.844 bits per heavy atom. The average Bonchev–Trinajstić information content (AvgIpc) is 3.26. The van der Waals surface area contributed by atoms with Gasteiger partial charge in [-0.05, 0) is 40.5 Å². The lowest BCUT2D eigenvalue weighted by molar-refractivity contribution is -0.116. The summed E-state index contributed by atoms with van der Waals surface area (Å²) in [5.41, 5.74) is 4.38. The van der Waals surface area contributed by atoms with E-state index in [1.54, 1.807) is 12.4 Å². The highest BCUT2D eigenvalue weighted by molar-refractivity contribution is 6.03. The van der Waals surface area contributed by atoms with E-state index in [1.807, 2.05) is 66.7 Å². The van der Waals surface area contributed by atoms with Gasteiger partial charge in [0.2, 0.25) is 11.8 Å². The summed E-state index contributed by atoms with van der Waals surface area (Å²) in [6.07, 6.45) is 4.44. The van der Waals surface area contributed by atoms with Crippen molar-refractivity contribution in [2.75, 3.05) is 5.32 Å². The minimum Gasteiger partial charge on any atom is -0.337 e. The Hall–Kier alpha value is -4.25. The molecular weight excluding hydrogens is 398 g/mol.